The minimum absolute atomic E-state index is 0.218. The second-order valence-corrected chi connectivity index (χ2v) is 11.5. The van der Waals surface area contributed by atoms with E-state index in [0.717, 1.165) is 26.7 Å². The molecule has 0 atom stereocenters. The average molecular weight is 494 g/mol. The maximum Gasteiger partial charge on any atom is 0.312 e. The zero-order chi connectivity index (χ0) is 26.2. The first-order valence-corrected chi connectivity index (χ1v) is 12.8. The van der Waals surface area contributed by atoms with E-state index >= 15 is 0 Å². The summed E-state index contributed by atoms with van der Waals surface area (Å²) in [6, 6.07) is 18.7. The molecule has 2 aromatic carbocycles. The van der Waals surface area contributed by atoms with Crippen LogP contribution >= 0.6 is 12.2 Å². The highest BCUT2D eigenvalue weighted by molar-refractivity contribution is 7.71. The molecule has 3 rings (SSSR count). The Morgan fingerprint density at radius 3 is 2.11 bits per heavy atom. The van der Waals surface area contributed by atoms with Gasteiger partial charge in [0.15, 0.2) is 0 Å². The fourth-order valence-electron chi connectivity index (χ4n) is 3.76. The normalized spacial score (nSPS) is 12.7. The maximum atomic E-state index is 12.7. The highest BCUT2D eigenvalue weighted by Gasteiger charge is 2.45. The zero-order valence-electron chi connectivity index (χ0n) is 22.6. The predicted molar refractivity (Wildman–Crippen MR) is 148 cm³/mol. The first kappa shape index (κ1) is 26.9. The van der Waals surface area contributed by atoms with Crippen LogP contribution in [0.4, 0.5) is 0 Å². The van der Waals surface area contributed by atoms with E-state index in [1.807, 2.05) is 78.8 Å². The van der Waals surface area contributed by atoms with Gasteiger partial charge in [0.05, 0.1) is 5.41 Å². The quantitative estimate of drug-likeness (QED) is 0.233. The van der Waals surface area contributed by atoms with Gasteiger partial charge in [-0.15, -0.1) is 0 Å². The van der Waals surface area contributed by atoms with E-state index in [-0.39, 0.29) is 12.0 Å². The molecule has 0 bridgehead atoms. The van der Waals surface area contributed by atoms with Crippen molar-refractivity contribution in [3.8, 4) is 16.9 Å². The van der Waals surface area contributed by atoms with Crippen molar-refractivity contribution in [2.45, 2.75) is 86.0 Å². The molecule has 0 fully saturated rings. The van der Waals surface area contributed by atoms with Crippen molar-refractivity contribution in [1.29, 1.82) is 0 Å². The van der Waals surface area contributed by atoms with Crippen molar-refractivity contribution >= 4 is 29.1 Å². The zero-order valence-corrected chi connectivity index (χ0v) is 23.4. The van der Waals surface area contributed by atoms with Crippen LogP contribution in [0.1, 0.15) is 74.8 Å². The Labute approximate surface area is 215 Å². The Bertz CT molecular complexity index is 1270. The molecule has 3 aromatic rings. The van der Waals surface area contributed by atoms with Gasteiger partial charge in [0, 0.05) is 17.1 Å². The molecule has 0 amide bonds. The summed E-state index contributed by atoms with van der Waals surface area (Å²) in [5.74, 6) is 0.492. The van der Waals surface area contributed by atoms with Crippen molar-refractivity contribution in [2.24, 2.45) is 5.41 Å². The van der Waals surface area contributed by atoms with Crippen molar-refractivity contribution in [3.63, 3.8) is 0 Å². The number of benzene rings is 2. The van der Waals surface area contributed by atoms with E-state index in [1.54, 1.807) is 0 Å². The molecule has 1 heterocycles. The number of rotatable bonds is 8. The standard InChI is InChI=1S/C30H39NO3S/c1-10-28(4,5)27(32)34-30(8,9)29(6,7)33-23-17-15-21(16-18-23)24-19-22-13-11-12-14-25(22)31(20(2)3)26(24)35/h11-20H,10H2,1-9H3. The van der Waals surface area contributed by atoms with Gasteiger partial charge in [-0.3, -0.25) is 4.79 Å². The highest BCUT2D eigenvalue weighted by atomic mass is 32.1. The van der Waals surface area contributed by atoms with Crippen LogP contribution in [0.25, 0.3) is 22.0 Å². The van der Waals surface area contributed by atoms with Crippen LogP contribution in [0, 0.1) is 10.1 Å². The number of nitrogens with zero attached hydrogens (tertiary/aromatic N) is 1. The van der Waals surface area contributed by atoms with Crippen molar-refractivity contribution in [1.82, 2.24) is 4.57 Å². The molecule has 35 heavy (non-hydrogen) atoms. The van der Waals surface area contributed by atoms with Gasteiger partial charge in [-0.25, -0.2) is 0 Å². The molecular formula is C30H39NO3S. The molecule has 0 unspecified atom stereocenters. The molecule has 0 aliphatic heterocycles. The summed E-state index contributed by atoms with van der Waals surface area (Å²) in [6.07, 6.45) is 0.709. The van der Waals surface area contributed by atoms with E-state index in [0.29, 0.717) is 12.2 Å². The maximum absolute atomic E-state index is 12.7. The van der Waals surface area contributed by atoms with Gasteiger partial charge in [-0.1, -0.05) is 49.5 Å². The van der Waals surface area contributed by atoms with Gasteiger partial charge < -0.3 is 14.0 Å². The topological polar surface area (TPSA) is 40.5 Å². The molecule has 0 N–H and O–H groups in total. The minimum Gasteiger partial charge on any atom is -0.484 e. The molecule has 0 saturated heterocycles. The van der Waals surface area contributed by atoms with E-state index in [9.17, 15) is 4.79 Å². The van der Waals surface area contributed by atoms with Crippen LogP contribution in [0.3, 0.4) is 0 Å². The van der Waals surface area contributed by atoms with Gasteiger partial charge in [0.25, 0.3) is 0 Å². The molecular weight excluding hydrogens is 454 g/mol. The molecule has 5 heteroatoms. The number of carbonyl (C=O) groups is 1. The monoisotopic (exact) mass is 493 g/mol. The first-order valence-electron chi connectivity index (χ1n) is 12.4. The fraction of sp³-hybridized carbons (Fsp3) is 0.467. The number of fused-ring (bicyclic) bond motifs is 1. The summed E-state index contributed by atoms with van der Waals surface area (Å²) in [6.45, 7) is 17.8. The van der Waals surface area contributed by atoms with Crippen molar-refractivity contribution < 1.29 is 14.3 Å². The first-order chi connectivity index (χ1) is 16.2. The molecule has 188 valence electrons. The van der Waals surface area contributed by atoms with E-state index < -0.39 is 16.6 Å². The lowest BCUT2D eigenvalue weighted by Crippen LogP contribution is -2.53. The fourth-order valence-corrected chi connectivity index (χ4v) is 4.25. The Hall–Kier alpha value is -2.66. The summed E-state index contributed by atoms with van der Waals surface area (Å²) in [5.41, 5.74) is 1.08. The summed E-state index contributed by atoms with van der Waals surface area (Å²) < 4.78 is 15.3. The third kappa shape index (κ3) is 5.45. The summed E-state index contributed by atoms with van der Waals surface area (Å²) in [5, 5.41) is 1.16. The van der Waals surface area contributed by atoms with E-state index in [2.05, 4.69) is 42.7 Å². The smallest absolute Gasteiger partial charge is 0.312 e. The van der Waals surface area contributed by atoms with Crippen LogP contribution < -0.4 is 4.74 Å². The molecule has 1 aromatic heterocycles. The Morgan fingerprint density at radius 2 is 1.54 bits per heavy atom. The Balaban J connectivity index is 1.90. The van der Waals surface area contributed by atoms with Crippen molar-refractivity contribution in [2.75, 3.05) is 0 Å². The van der Waals surface area contributed by atoms with Gasteiger partial charge in [-0.05, 0) is 97.0 Å². The number of esters is 1. The Kier molecular flexibility index (Phi) is 7.52. The molecule has 0 saturated carbocycles. The lowest BCUT2D eigenvalue weighted by Gasteiger charge is -2.42. The number of carbonyl (C=O) groups excluding carboxylic acids is 1. The summed E-state index contributed by atoms with van der Waals surface area (Å²) in [7, 11) is 0. The van der Waals surface area contributed by atoms with Gasteiger partial charge in [0.1, 0.15) is 21.6 Å². The third-order valence-electron chi connectivity index (χ3n) is 7.23. The summed E-state index contributed by atoms with van der Waals surface area (Å²) >= 11 is 5.91. The lowest BCUT2D eigenvalue weighted by molar-refractivity contribution is -0.186. The van der Waals surface area contributed by atoms with Gasteiger partial charge in [0.2, 0.25) is 0 Å². The Morgan fingerprint density at radius 1 is 0.943 bits per heavy atom. The third-order valence-corrected chi connectivity index (χ3v) is 7.65. The second kappa shape index (κ2) is 9.77. The van der Waals surface area contributed by atoms with Gasteiger partial charge in [-0.2, -0.15) is 0 Å². The number of pyridine rings is 1. The minimum atomic E-state index is -0.829. The average Bonchev–Trinajstić information content (AvgIpc) is 2.78. The van der Waals surface area contributed by atoms with Crippen molar-refractivity contribution in [3.05, 3.63) is 59.2 Å². The number of para-hydroxylation sites is 1. The SMILES string of the molecule is CCC(C)(C)C(=O)OC(C)(C)C(C)(C)Oc1ccc(-c2cc3ccccc3n(C(C)C)c2=S)cc1. The predicted octanol–water partition coefficient (Wildman–Crippen LogP) is 8.53. The largest absolute Gasteiger partial charge is 0.484 e. The van der Waals surface area contributed by atoms with E-state index in [1.165, 1.54) is 0 Å². The van der Waals surface area contributed by atoms with Crippen LogP contribution in [0.15, 0.2) is 54.6 Å². The van der Waals surface area contributed by atoms with Crippen LogP contribution in [-0.4, -0.2) is 21.7 Å². The van der Waals surface area contributed by atoms with E-state index in [4.69, 9.17) is 21.7 Å². The molecule has 0 radical (unpaired) electrons. The number of aromatic nitrogens is 1. The molecule has 0 spiro atoms. The molecule has 0 aliphatic rings. The molecule has 4 nitrogen and oxygen atoms in total. The van der Waals surface area contributed by atoms with Crippen LogP contribution in [0.2, 0.25) is 0 Å². The van der Waals surface area contributed by atoms with Crippen LogP contribution in [-0.2, 0) is 9.53 Å². The molecule has 0 aliphatic carbocycles. The number of hydrogen-bond donors (Lipinski definition) is 0. The number of hydrogen-bond acceptors (Lipinski definition) is 4. The number of ether oxygens (including phenoxy) is 2. The second-order valence-electron chi connectivity index (χ2n) is 11.2. The van der Waals surface area contributed by atoms with Gasteiger partial charge >= 0.3 is 5.97 Å². The lowest BCUT2D eigenvalue weighted by atomic mass is 9.86. The van der Waals surface area contributed by atoms with Crippen LogP contribution in [0.5, 0.6) is 5.75 Å². The highest BCUT2D eigenvalue weighted by Crippen LogP contribution is 2.35. The summed E-state index contributed by atoms with van der Waals surface area (Å²) in [4.78, 5) is 12.7.